The number of nitrogens with zero attached hydrogens (tertiary/aromatic N) is 2. The summed E-state index contributed by atoms with van der Waals surface area (Å²) >= 11 is 12.6. The Kier molecular flexibility index (Phi) is 8.65. The van der Waals surface area contributed by atoms with Gasteiger partial charge in [0.1, 0.15) is 11.5 Å². The summed E-state index contributed by atoms with van der Waals surface area (Å²) in [6.45, 7) is 3.24. The van der Waals surface area contributed by atoms with Gasteiger partial charge >= 0.3 is 11.9 Å². The van der Waals surface area contributed by atoms with Crippen LogP contribution in [0.25, 0.3) is 21.8 Å². The average molecular weight is 603 g/mol. The van der Waals surface area contributed by atoms with Crippen LogP contribution < -0.4 is 11.1 Å². The van der Waals surface area contributed by atoms with Crippen LogP contribution in [0, 0.1) is 0 Å². The maximum atomic E-state index is 12.9. The molecule has 4 aromatic rings. The summed E-state index contributed by atoms with van der Waals surface area (Å²) in [5.74, 6) is -2.97. The molecule has 2 N–H and O–H groups in total. The van der Waals surface area contributed by atoms with E-state index in [1.807, 2.05) is 0 Å². The highest BCUT2D eigenvalue weighted by atomic mass is 35.5. The Morgan fingerprint density at radius 3 is 2.07 bits per heavy atom. The first kappa shape index (κ1) is 30.0. The monoisotopic (exact) mass is 602 g/mol. The van der Waals surface area contributed by atoms with E-state index in [2.05, 4.69) is 0 Å². The number of aryl methyl sites for hydroxylation is 3. The fourth-order valence-corrected chi connectivity index (χ4v) is 5.22. The topological polar surface area (TPSA) is 137 Å². The number of halogens is 2. The lowest BCUT2D eigenvalue weighted by atomic mass is 10.0. The van der Waals surface area contributed by atoms with E-state index in [0.717, 1.165) is 5.56 Å². The largest absolute Gasteiger partial charge is 0.506 e. The number of rotatable bonds is 8. The molecule has 0 fully saturated rings. The third-order valence-electron chi connectivity index (χ3n) is 6.67. The molecular formula is C29H28Cl2N2O8. The van der Waals surface area contributed by atoms with Gasteiger partial charge < -0.3 is 28.8 Å². The molecule has 0 spiro atoms. The molecule has 0 atom stereocenters. The number of hydrogen-bond acceptors (Lipinski definition) is 8. The van der Waals surface area contributed by atoms with E-state index in [0.29, 0.717) is 30.3 Å². The minimum atomic E-state index is -0.962. The Labute approximate surface area is 244 Å². The van der Waals surface area contributed by atoms with Gasteiger partial charge in [0, 0.05) is 14.1 Å². The van der Waals surface area contributed by atoms with Crippen molar-refractivity contribution in [1.29, 1.82) is 0 Å². The van der Waals surface area contributed by atoms with Crippen LogP contribution in [0.1, 0.15) is 53.0 Å². The highest BCUT2D eigenvalue weighted by molar-refractivity contribution is 6.36. The number of unbranched alkanes of at least 4 members (excludes halogenated alkanes) is 1. The van der Waals surface area contributed by atoms with Crippen LogP contribution in [0.2, 0.25) is 10.0 Å². The third kappa shape index (κ3) is 5.62. The summed E-state index contributed by atoms with van der Waals surface area (Å²) in [5.41, 5.74) is -0.942. The van der Waals surface area contributed by atoms with Crippen LogP contribution >= 0.6 is 23.2 Å². The van der Waals surface area contributed by atoms with Gasteiger partial charge in [-0.1, -0.05) is 29.3 Å². The van der Waals surface area contributed by atoms with Crippen molar-refractivity contribution in [1.82, 2.24) is 9.13 Å². The van der Waals surface area contributed by atoms with Crippen molar-refractivity contribution in [3.63, 3.8) is 0 Å². The molecule has 12 heteroatoms. The Hall–Kier alpha value is -4.02. The molecule has 216 valence electrons. The first-order valence-corrected chi connectivity index (χ1v) is 13.5. The van der Waals surface area contributed by atoms with Gasteiger partial charge in [0.05, 0.1) is 44.6 Å². The molecule has 2 aromatic heterocycles. The van der Waals surface area contributed by atoms with Crippen molar-refractivity contribution in [3.05, 3.63) is 77.8 Å². The van der Waals surface area contributed by atoms with Crippen LogP contribution in [0.15, 0.2) is 39.9 Å². The number of carbonyl (C=O) groups is 2. The lowest BCUT2D eigenvalue weighted by Gasteiger charge is -2.15. The number of pyridine rings is 2. The zero-order valence-electron chi connectivity index (χ0n) is 22.8. The molecule has 2 aromatic carbocycles. The molecule has 0 aliphatic heterocycles. The molecule has 0 bridgehead atoms. The quantitative estimate of drug-likeness (QED) is 0.215. The predicted molar refractivity (Wildman–Crippen MR) is 155 cm³/mol. The number of aromatic nitrogens is 2. The number of esters is 2. The van der Waals surface area contributed by atoms with Gasteiger partial charge in [0.2, 0.25) is 0 Å². The van der Waals surface area contributed by atoms with Crippen molar-refractivity contribution in [2.24, 2.45) is 14.1 Å². The van der Waals surface area contributed by atoms with Gasteiger partial charge in [0.25, 0.3) is 11.1 Å². The van der Waals surface area contributed by atoms with E-state index in [4.69, 9.17) is 32.7 Å². The van der Waals surface area contributed by atoms with Gasteiger partial charge in [-0.15, -0.1) is 0 Å². The smallest absolute Gasteiger partial charge is 0.347 e. The fourth-order valence-electron chi connectivity index (χ4n) is 4.63. The van der Waals surface area contributed by atoms with Crippen molar-refractivity contribution in [2.75, 3.05) is 6.61 Å². The maximum absolute atomic E-state index is 12.9. The zero-order chi connectivity index (χ0) is 30.2. The van der Waals surface area contributed by atoms with E-state index in [9.17, 15) is 29.4 Å². The summed E-state index contributed by atoms with van der Waals surface area (Å²) in [4.78, 5) is 50.7. The summed E-state index contributed by atoms with van der Waals surface area (Å²) in [5, 5.41) is 22.0. The first-order chi connectivity index (χ1) is 19.3. The Morgan fingerprint density at radius 1 is 0.854 bits per heavy atom. The fraction of sp³-hybridized carbons (Fsp3) is 0.310. The van der Waals surface area contributed by atoms with Gasteiger partial charge in [-0.3, -0.25) is 9.59 Å². The van der Waals surface area contributed by atoms with Crippen LogP contribution in [0.3, 0.4) is 0 Å². The predicted octanol–water partition coefficient (Wildman–Crippen LogP) is 4.85. The lowest BCUT2D eigenvalue weighted by Crippen LogP contribution is -2.27. The Balaban J connectivity index is 1.47. The number of aromatic hydroxyl groups is 2. The molecule has 4 rings (SSSR count). The highest BCUT2D eigenvalue weighted by Crippen LogP contribution is 2.35. The molecule has 0 aliphatic carbocycles. The summed E-state index contributed by atoms with van der Waals surface area (Å²) in [7, 11) is 2.94. The maximum Gasteiger partial charge on any atom is 0.347 e. The van der Waals surface area contributed by atoms with Gasteiger partial charge in [-0.05, 0) is 62.9 Å². The van der Waals surface area contributed by atoms with Crippen molar-refractivity contribution in [2.45, 2.75) is 39.2 Å². The zero-order valence-corrected chi connectivity index (χ0v) is 24.3. The molecule has 41 heavy (non-hydrogen) atoms. The number of fused-ring (bicyclic) bond motifs is 2. The summed E-state index contributed by atoms with van der Waals surface area (Å²) in [6, 6.07) is 8.09. The molecule has 0 unspecified atom stereocenters. The molecule has 0 amide bonds. The second kappa shape index (κ2) is 11.8. The van der Waals surface area contributed by atoms with Crippen LogP contribution in [0.4, 0.5) is 0 Å². The second-order valence-corrected chi connectivity index (χ2v) is 10.6. The SMILES string of the molecule is CC(C)OC(=O)c1c(O)c2c(Cl)cc(CCCCOC(=O)c3c(O)c4c(Cl)cccc4n(C)c3=O)cc2n(C)c1=O. The van der Waals surface area contributed by atoms with Crippen LogP contribution in [0.5, 0.6) is 11.5 Å². The molecule has 0 saturated carbocycles. The second-order valence-electron chi connectivity index (χ2n) is 9.83. The Bertz CT molecular complexity index is 1820. The summed E-state index contributed by atoms with van der Waals surface area (Å²) in [6.07, 6.45) is 0.960. The number of hydrogen-bond donors (Lipinski definition) is 2. The summed E-state index contributed by atoms with van der Waals surface area (Å²) < 4.78 is 12.8. The molecule has 0 radical (unpaired) electrons. The van der Waals surface area contributed by atoms with E-state index in [1.54, 1.807) is 44.2 Å². The lowest BCUT2D eigenvalue weighted by molar-refractivity contribution is 0.0371. The molecule has 0 aliphatic rings. The molecular weight excluding hydrogens is 575 g/mol. The standard InChI is InChI=1S/C29H28Cl2N2O8/c1-14(2)41-29(39)23-25(35)21-17(31)12-15(13-19(21)33(4)27(23)37)8-5-6-11-40-28(38)22-24(34)20-16(30)9-7-10-18(20)32(3)26(22)36/h7,9-10,12-14,34-35H,5-6,8,11H2,1-4H3. The minimum absolute atomic E-state index is 0.0239. The van der Waals surface area contributed by atoms with Crippen LogP contribution in [-0.2, 0) is 30.0 Å². The van der Waals surface area contributed by atoms with Crippen molar-refractivity contribution >= 4 is 56.9 Å². The van der Waals surface area contributed by atoms with Gasteiger partial charge in [-0.25, -0.2) is 9.59 Å². The van der Waals surface area contributed by atoms with Gasteiger partial charge in [-0.2, -0.15) is 0 Å². The van der Waals surface area contributed by atoms with Crippen molar-refractivity contribution < 1.29 is 29.3 Å². The molecule has 2 heterocycles. The van der Waals surface area contributed by atoms with E-state index < -0.39 is 51.8 Å². The van der Waals surface area contributed by atoms with Crippen molar-refractivity contribution in [3.8, 4) is 11.5 Å². The van der Waals surface area contributed by atoms with Crippen LogP contribution in [-0.4, -0.2) is 44.0 Å². The Morgan fingerprint density at radius 2 is 1.44 bits per heavy atom. The van der Waals surface area contributed by atoms with E-state index in [-0.39, 0.29) is 27.4 Å². The number of carbonyl (C=O) groups excluding carboxylic acids is 2. The third-order valence-corrected chi connectivity index (χ3v) is 7.28. The number of benzene rings is 2. The molecule has 10 nitrogen and oxygen atoms in total. The normalized spacial score (nSPS) is 11.4. The molecule has 0 saturated heterocycles. The minimum Gasteiger partial charge on any atom is -0.506 e. The van der Waals surface area contributed by atoms with Gasteiger partial charge in [0.15, 0.2) is 11.1 Å². The highest BCUT2D eigenvalue weighted by Gasteiger charge is 2.26. The van der Waals surface area contributed by atoms with E-state index in [1.165, 1.54) is 23.2 Å². The average Bonchev–Trinajstić information content (AvgIpc) is 2.89. The van der Waals surface area contributed by atoms with E-state index >= 15 is 0 Å². The first-order valence-electron chi connectivity index (χ1n) is 12.8. The number of ether oxygens (including phenoxy) is 2.